The van der Waals surface area contributed by atoms with Gasteiger partial charge in [-0.1, -0.05) is 25.7 Å². The van der Waals surface area contributed by atoms with Crippen molar-refractivity contribution < 1.29 is 0 Å². The molecule has 0 spiro atoms. The maximum absolute atomic E-state index is 6.03. The van der Waals surface area contributed by atoms with Gasteiger partial charge in [-0.25, -0.2) is 0 Å². The molecule has 8 N–H and O–H groups in total. The smallest absolute Gasteiger partial charge is 0.0278 e. The Bertz CT molecular complexity index is 117. The Labute approximate surface area is 87.4 Å². The summed E-state index contributed by atoms with van der Waals surface area (Å²) in [6.45, 7) is 1.85. The number of nitrogens with two attached hydrogens (primary N) is 4. The number of hydrogen-bond donors (Lipinski definition) is 4. The molecule has 86 valence electrons. The zero-order valence-electron chi connectivity index (χ0n) is 9.17. The van der Waals surface area contributed by atoms with Crippen molar-refractivity contribution >= 4 is 0 Å². The maximum atomic E-state index is 6.03. The Morgan fingerprint density at radius 3 is 1.50 bits per heavy atom. The van der Waals surface area contributed by atoms with E-state index in [0.717, 1.165) is 12.8 Å². The standard InChI is InChI=1S/C8H18N2.C2H8N2/c9-7-8(10)5-3-1-2-4-6-8;3-1-2-4/h1-7,9-10H2;1-4H2. The van der Waals surface area contributed by atoms with Crippen LogP contribution in [-0.4, -0.2) is 25.2 Å². The van der Waals surface area contributed by atoms with Crippen LogP contribution in [0.1, 0.15) is 38.5 Å². The van der Waals surface area contributed by atoms with E-state index >= 15 is 0 Å². The predicted octanol–water partition coefficient (Wildman–Crippen LogP) is -0.0994. The highest BCUT2D eigenvalue weighted by atomic mass is 14.8. The van der Waals surface area contributed by atoms with Crippen molar-refractivity contribution in [1.29, 1.82) is 0 Å². The van der Waals surface area contributed by atoms with E-state index in [-0.39, 0.29) is 5.54 Å². The van der Waals surface area contributed by atoms with E-state index in [2.05, 4.69) is 0 Å². The Kier molecular flexibility index (Phi) is 8.08. The fraction of sp³-hybridized carbons (Fsp3) is 1.00. The van der Waals surface area contributed by atoms with Gasteiger partial charge in [0, 0.05) is 25.2 Å². The van der Waals surface area contributed by atoms with Crippen molar-refractivity contribution in [2.24, 2.45) is 22.9 Å². The predicted molar refractivity (Wildman–Crippen MR) is 61.8 cm³/mol. The van der Waals surface area contributed by atoms with Gasteiger partial charge in [-0.2, -0.15) is 0 Å². The zero-order valence-corrected chi connectivity index (χ0v) is 9.17. The summed E-state index contributed by atoms with van der Waals surface area (Å²) in [5, 5.41) is 0. The van der Waals surface area contributed by atoms with E-state index in [4.69, 9.17) is 22.9 Å². The summed E-state index contributed by atoms with van der Waals surface area (Å²) in [7, 11) is 0. The van der Waals surface area contributed by atoms with Crippen LogP contribution < -0.4 is 22.9 Å². The van der Waals surface area contributed by atoms with Gasteiger partial charge in [-0.3, -0.25) is 0 Å². The van der Waals surface area contributed by atoms with Crippen LogP contribution in [0.2, 0.25) is 0 Å². The van der Waals surface area contributed by atoms with Gasteiger partial charge in [0.15, 0.2) is 0 Å². The summed E-state index contributed by atoms with van der Waals surface area (Å²) in [6.07, 6.45) is 7.49. The first-order chi connectivity index (χ1) is 6.68. The topological polar surface area (TPSA) is 104 Å². The molecule has 0 unspecified atom stereocenters. The van der Waals surface area contributed by atoms with Crippen molar-refractivity contribution in [1.82, 2.24) is 0 Å². The molecular formula is C10H26N4. The Morgan fingerprint density at radius 2 is 1.21 bits per heavy atom. The fourth-order valence-corrected chi connectivity index (χ4v) is 1.64. The lowest BCUT2D eigenvalue weighted by Crippen LogP contribution is -2.46. The third kappa shape index (κ3) is 6.32. The van der Waals surface area contributed by atoms with Gasteiger partial charge in [-0.15, -0.1) is 0 Å². The summed E-state index contributed by atoms with van der Waals surface area (Å²) in [5.74, 6) is 0. The molecule has 4 heteroatoms. The summed E-state index contributed by atoms with van der Waals surface area (Å²) in [6, 6.07) is 0. The van der Waals surface area contributed by atoms with Crippen LogP contribution in [0.25, 0.3) is 0 Å². The van der Waals surface area contributed by atoms with Gasteiger partial charge in [-0.05, 0) is 12.8 Å². The van der Waals surface area contributed by atoms with Crippen molar-refractivity contribution in [2.45, 2.75) is 44.1 Å². The van der Waals surface area contributed by atoms with Crippen molar-refractivity contribution in [3.63, 3.8) is 0 Å². The van der Waals surface area contributed by atoms with Gasteiger partial charge in [0.1, 0.15) is 0 Å². The molecule has 0 aromatic rings. The molecule has 1 aliphatic carbocycles. The number of rotatable bonds is 2. The van der Waals surface area contributed by atoms with Crippen LogP contribution in [-0.2, 0) is 0 Å². The van der Waals surface area contributed by atoms with E-state index in [1.165, 1.54) is 25.7 Å². The van der Waals surface area contributed by atoms with Crippen LogP contribution in [0.4, 0.5) is 0 Å². The second-order valence-corrected chi connectivity index (χ2v) is 4.06. The third-order valence-electron chi connectivity index (χ3n) is 2.67. The van der Waals surface area contributed by atoms with E-state index in [9.17, 15) is 0 Å². The van der Waals surface area contributed by atoms with Gasteiger partial charge < -0.3 is 22.9 Å². The maximum Gasteiger partial charge on any atom is 0.0278 e. The Morgan fingerprint density at radius 1 is 0.786 bits per heavy atom. The van der Waals surface area contributed by atoms with Crippen LogP contribution in [0.15, 0.2) is 0 Å². The molecule has 0 aromatic carbocycles. The monoisotopic (exact) mass is 202 g/mol. The third-order valence-corrected chi connectivity index (χ3v) is 2.67. The molecule has 1 saturated carbocycles. The molecule has 0 radical (unpaired) electrons. The highest BCUT2D eigenvalue weighted by Gasteiger charge is 2.23. The van der Waals surface area contributed by atoms with E-state index in [1.807, 2.05) is 0 Å². The molecule has 0 atom stereocenters. The molecule has 1 aliphatic rings. The molecule has 1 fully saturated rings. The lowest BCUT2D eigenvalue weighted by Gasteiger charge is -2.25. The second-order valence-electron chi connectivity index (χ2n) is 4.06. The average molecular weight is 202 g/mol. The average Bonchev–Trinajstić information content (AvgIpc) is 2.44. The normalized spacial score (nSPS) is 20.6. The van der Waals surface area contributed by atoms with Gasteiger partial charge in [0.2, 0.25) is 0 Å². The van der Waals surface area contributed by atoms with Crippen LogP contribution in [0, 0.1) is 0 Å². The van der Waals surface area contributed by atoms with E-state index in [0.29, 0.717) is 19.6 Å². The summed E-state index contributed by atoms with van der Waals surface area (Å²) in [5.41, 5.74) is 21.4. The first-order valence-corrected chi connectivity index (χ1v) is 5.57. The SMILES string of the molecule is NCC1(N)CCCCCC1.NCCN. The first kappa shape index (κ1) is 13.8. The minimum Gasteiger partial charge on any atom is -0.329 e. The fourth-order valence-electron chi connectivity index (χ4n) is 1.64. The molecule has 0 bridgehead atoms. The minimum absolute atomic E-state index is 0.0174. The quantitative estimate of drug-likeness (QED) is 0.469. The molecule has 0 aliphatic heterocycles. The second kappa shape index (κ2) is 8.17. The molecular weight excluding hydrogens is 176 g/mol. The molecule has 0 amide bonds. The summed E-state index contributed by atoms with van der Waals surface area (Å²) < 4.78 is 0. The van der Waals surface area contributed by atoms with Crippen LogP contribution in [0.5, 0.6) is 0 Å². The highest BCUT2D eigenvalue weighted by Crippen LogP contribution is 2.23. The largest absolute Gasteiger partial charge is 0.329 e. The minimum atomic E-state index is -0.0174. The lowest BCUT2D eigenvalue weighted by molar-refractivity contribution is 0.382. The zero-order chi connectivity index (χ0) is 10.9. The molecule has 14 heavy (non-hydrogen) atoms. The summed E-state index contributed by atoms with van der Waals surface area (Å²) >= 11 is 0. The van der Waals surface area contributed by atoms with Gasteiger partial charge in [0.05, 0.1) is 0 Å². The number of hydrogen-bond acceptors (Lipinski definition) is 4. The van der Waals surface area contributed by atoms with Crippen molar-refractivity contribution in [2.75, 3.05) is 19.6 Å². The molecule has 0 heterocycles. The van der Waals surface area contributed by atoms with Crippen molar-refractivity contribution in [3.05, 3.63) is 0 Å². The van der Waals surface area contributed by atoms with E-state index in [1.54, 1.807) is 0 Å². The molecule has 0 aromatic heterocycles. The Hall–Kier alpha value is -0.160. The van der Waals surface area contributed by atoms with Crippen LogP contribution >= 0.6 is 0 Å². The van der Waals surface area contributed by atoms with Gasteiger partial charge in [0.25, 0.3) is 0 Å². The first-order valence-electron chi connectivity index (χ1n) is 5.57. The molecule has 1 rings (SSSR count). The molecule has 4 nitrogen and oxygen atoms in total. The van der Waals surface area contributed by atoms with Gasteiger partial charge >= 0.3 is 0 Å². The Balaban J connectivity index is 0.000000364. The van der Waals surface area contributed by atoms with Crippen molar-refractivity contribution in [3.8, 4) is 0 Å². The van der Waals surface area contributed by atoms with Crippen LogP contribution in [0.3, 0.4) is 0 Å². The highest BCUT2D eigenvalue weighted by molar-refractivity contribution is 4.86. The lowest BCUT2D eigenvalue weighted by atomic mass is 9.92. The summed E-state index contributed by atoms with van der Waals surface area (Å²) in [4.78, 5) is 0. The molecule has 0 saturated heterocycles. The van der Waals surface area contributed by atoms with E-state index < -0.39 is 0 Å².